The second-order valence-electron chi connectivity index (χ2n) is 8.25. The number of imide groups is 2. The molecule has 1 heterocycles. The van der Waals surface area contributed by atoms with E-state index < -0.39 is 23.8 Å². The summed E-state index contributed by atoms with van der Waals surface area (Å²) in [5.41, 5.74) is 2.88. The number of benzene rings is 3. The number of anilines is 2. The molecule has 0 aliphatic carbocycles. The SMILES string of the molecule is Cc1ccc(N2C(=O)NC(=O)/C(=C\c3cc(Br)ccc3OCC(=O)Nc3ccc(Cl)cc3)C2=O)cc1C. The summed E-state index contributed by atoms with van der Waals surface area (Å²) in [5, 5.41) is 5.45. The summed E-state index contributed by atoms with van der Waals surface area (Å²) in [6.07, 6.45) is 1.33. The molecule has 0 spiro atoms. The minimum atomic E-state index is -0.833. The molecule has 1 aliphatic rings. The Balaban J connectivity index is 1.58. The Morgan fingerprint density at radius 2 is 1.76 bits per heavy atom. The normalized spacial score (nSPS) is 14.5. The monoisotopic (exact) mass is 581 g/mol. The van der Waals surface area contributed by atoms with Crippen LogP contribution in [-0.4, -0.2) is 30.4 Å². The van der Waals surface area contributed by atoms with Crippen LogP contribution in [0.25, 0.3) is 6.08 Å². The molecule has 0 atom stereocenters. The highest BCUT2D eigenvalue weighted by Gasteiger charge is 2.37. The van der Waals surface area contributed by atoms with Gasteiger partial charge < -0.3 is 10.1 Å². The van der Waals surface area contributed by atoms with Crippen molar-refractivity contribution in [3.63, 3.8) is 0 Å². The first kappa shape index (κ1) is 26.1. The Labute approximate surface area is 226 Å². The fourth-order valence-electron chi connectivity index (χ4n) is 3.55. The molecule has 37 heavy (non-hydrogen) atoms. The molecule has 0 unspecified atom stereocenters. The van der Waals surface area contributed by atoms with Crippen molar-refractivity contribution in [3.8, 4) is 5.75 Å². The van der Waals surface area contributed by atoms with Gasteiger partial charge in [0.15, 0.2) is 6.61 Å². The number of urea groups is 1. The van der Waals surface area contributed by atoms with Crippen molar-refractivity contribution in [2.75, 3.05) is 16.8 Å². The lowest BCUT2D eigenvalue weighted by atomic mass is 10.0. The lowest BCUT2D eigenvalue weighted by Crippen LogP contribution is -2.54. The van der Waals surface area contributed by atoms with E-state index >= 15 is 0 Å². The molecule has 0 radical (unpaired) electrons. The van der Waals surface area contributed by atoms with Crippen LogP contribution >= 0.6 is 27.5 Å². The molecule has 188 valence electrons. The number of barbiturate groups is 1. The molecule has 4 rings (SSSR count). The maximum Gasteiger partial charge on any atom is 0.335 e. The molecule has 0 aromatic heterocycles. The van der Waals surface area contributed by atoms with Gasteiger partial charge in [0, 0.05) is 20.7 Å². The zero-order valence-corrected chi connectivity index (χ0v) is 22.1. The number of carbonyl (C=O) groups is 4. The van der Waals surface area contributed by atoms with Crippen LogP contribution in [0.1, 0.15) is 16.7 Å². The van der Waals surface area contributed by atoms with E-state index in [1.165, 1.54) is 6.08 Å². The Bertz CT molecular complexity index is 1450. The fourth-order valence-corrected chi connectivity index (χ4v) is 4.05. The highest BCUT2D eigenvalue weighted by molar-refractivity contribution is 9.10. The molecule has 2 N–H and O–H groups in total. The van der Waals surface area contributed by atoms with Crippen molar-refractivity contribution < 1.29 is 23.9 Å². The van der Waals surface area contributed by atoms with Crippen molar-refractivity contribution >= 4 is 68.7 Å². The molecule has 0 bridgehead atoms. The van der Waals surface area contributed by atoms with E-state index in [2.05, 4.69) is 26.6 Å². The average molecular weight is 583 g/mol. The lowest BCUT2D eigenvalue weighted by molar-refractivity contribution is -0.122. The Hall–Kier alpha value is -3.95. The van der Waals surface area contributed by atoms with Crippen molar-refractivity contribution in [2.45, 2.75) is 13.8 Å². The molecular weight excluding hydrogens is 562 g/mol. The number of ether oxygens (including phenoxy) is 1. The van der Waals surface area contributed by atoms with Crippen LogP contribution in [-0.2, 0) is 14.4 Å². The van der Waals surface area contributed by atoms with E-state index in [0.29, 0.717) is 26.4 Å². The summed E-state index contributed by atoms with van der Waals surface area (Å²) < 4.78 is 6.35. The summed E-state index contributed by atoms with van der Waals surface area (Å²) in [5.74, 6) is -1.76. The van der Waals surface area contributed by atoms with Crippen LogP contribution in [0, 0.1) is 13.8 Å². The number of carbonyl (C=O) groups excluding carboxylic acids is 4. The summed E-state index contributed by atoms with van der Waals surface area (Å²) in [6, 6.07) is 15.8. The Kier molecular flexibility index (Phi) is 7.75. The maximum atomic E-state index is 13.3. The third-order valence-corrected chi connectivity index (χ3v) is 6.35. The van der Waals surface area contributed by atoms with Crippen LogP contribution in [0.3, 0.4) is 0 Å². The Morgan fingerprint density at radius 1 is 1.03 bits per heavy atom. The van der Waals surface area contributed by atoms with Gasteiger partial charge in [-0.25, -0.2) is 9.69 Å². The van der Waals surface area contributed by atoms with Crippen LogP contribution in [0.2, 0.25) is 5.02 Å². The topological polar surface area (TPSA) is 105 Å². The van der Waals surface area contributed by atoms with Gasteiger partial charge in [-0.15, -0.1) is 0 Å². The minimum Gasteiger partial charge on any atom is -0.483 e. The number of rotatable bonds is 6. The number of nitrogens with zero attached hydrogens (tertiary/aromatic N) is 1. The summed E-state index contributed by atoms with van der Waals surface area (Å²) >= 11 is 9.23. The first-order valence-electron chi connectivity index (χ1n) is 11.1. The smallest absolute Gasteiger partial charge is 0.335 e. The number of nitrogens with one attached hydrogen (secondary N) is 2. The third-order valence-electron chi connectivity index (χ3n) is 5.61. The fraction of sp³-hybridized carbons (Fsp3) is 0.111. The van der Waals surface area contributed by atoms with E-state index in [4.69, 9.17) is 16.3 Å². The van der Waals surface area contributed by atoms with Crippen molar-refractivity contribution in [1.82, 2.24) is 5.32 Å². The molecule has 0 saturated carbocycles. The van der Waals surface area contributed by atoms with Gasteiger partial charge in [-0.1, -0.05) is 33.6 Å². The quantitative estimate of drug-likeness (QED) is 0.299. The molecule has 8 nitrogen and oxygen atoms in total. The standard InChI is InChI=1S/C27H21BrClN3O5/c1-15-3-9-21(11-16(15)2)32-26(35)22(25(34)31-27(32)36)13-17-12-18(28)4-10-23(17)37-14-24(33)30-20-7-5-19(29)6-8-20/h3-13H,14H2,1-2H3,(H,30,33)(H,31,34,36)/b22-13+. The van der Waals surface area contributed by atoms with E-state index in [-0.39, 0.29) is 17.9 Å². The average Bonchev–Trinajstić information content (AvgIpc) is 2.84. The van der Waals surface area contributed by atoms with Crippen molar-refractivity contribution in [3.05, 3.63) is 92.4 Å². The zero-order chi connectivity index (χ0) is 26.7. The maximum absolute atomic E-state index is 13.3. The van der Waals surface area contributed by atoms with Gasteiger partial charge in [-0.05, 0) is 85.6 Å². The first-order chi connectivity index (χ1) is 17.6. The van der Waals surface area contributed by atoms with Crippen LogP contribution < -0.4 is 20.3 Å². The number of aryl methyl sites for hydroxylation is 2. The van der Waals surface area contributed by atoms with Gasteiger partial charge in [-0.3, -0.25) is 19.7 Å². The van der Waals surface area contributed by atoms with Gasteiger partial charge in [0.1, 0.15) is 11.3 Å². The number of halogens is 2. The number of amides is 5. The van der Waals surface area contributed by atoms with E-state index in [1.807, 2.05) is 13.8 Å². The minimum absolute atomic E-state index is 0.258. The predicted octanol–water partition coefficient (Wildman–Crippen LogP) is 5.40. The largest absolute Gasteiger partial charge is 0.483 e. The molecule has 5 amide bonds. The summed E-state index contributed by atoms with van der Waals surface area (Å²) in [6.45, 7) is 3.45. The van der Waals surface area contributed by atoms with Crippen LogP contribution in [0.5, 0.6) is 5.75 Å². The predicted molar refractivity (Wildman–Crippen MR) is 145 cm³/mol. The molecule has 1 fully saturated rings. The highest BCUT2D eigenvalue weighted by Crippen LogP contribution is 2.29. The van der Waals surface area contributed by atoms with E-state index in [9.17, 15) is 19.2 Å². The highest BCUT2D eigenvalue weighted by atomic mass is 79.9. The second-order valence-corrected chi connectivity index (χ2v) is 9.60. The molecule has 3 aromatic carbocycles. The molecular formula is C27H21BrClN3O5. The second kappa shape index (κ2) is 11.0. The Morgan fingerprint density at radius 3 is 2.46 bits per heavy atom. The molecule has 10 heteroatoms. The lowest BCUT2D eigenvalue weighted by Gasteiger charge is -2.27. The third kappa shape index (κ3) is 6.07. The van der Waals surface area contributed by atoms with E-state index in [1.54, 1.807) is 60.7 Å². The summed E-state index contributed by atoms with van der Waals surface area (Å²) in [4.78, 5) is 51.7. The van der Waals surface area contributed by atoms with Crippen molar-refractivity contribution in [1.29, 1.82) is 0 Å². The molecule has 3 aromatic rings. The van der Waals surface area contributed by atoms with Gasteiger partial charge in [-0.2, -0.15) is 0 Å². The first-order valence-corrected chi connectivity index (χ1v) is 12.3. The van der Waals surface area contributed by atoms with E-state index in [0.717, 1.165) is 16.0 Å². The van der Waals surface area contributed by atoms with Crippen molar-refractivity contribution in [2.24, 2.45) is 0 Å². The molecule has 1 saturated heterocycles. The zero-order valence-electron chi connectivity index (χ0n) is 19.8. The van der Waals surface area contributed by atoms with Gasteiger partial charge in [0.2, 0.25) is 0 Å². The van der Waals surface area contributed by atoms with Crippen LogP contribution in [0.15, 0.2) is 70.7 Å². The number of hydrogen-bond acceptors (Lipinski definition) is 5. The van der Waals surface area contributed by atoms with Gasteiger partial charge >= 0.3 is 6.03 Å². The molecule has 1 aliphatic heterocycles. The van der Waals surface area contributed by atoms with Crippen LogP contribution in [0.4, 0.5) is 16.2 Å². The van der Waals surface area contributed by atoms with Gasteiger partial charge in [0.05, 0.1) is 5.69 Å². The number of hydrogen-bond donors (Lipinski definition) is 2. The summed E-state index contributed by atoms with van der Waals surface area (Å²) in [7, 11) is 0. The van der Waals surface area contributed by atoms with Gasteiger partial charge in [0.25, 0.3) is 17.7 Å².